The van der Waals surface area contributed by atoms with Crippen LogP contribution in [0.4, 0.5) is 0 Å². The zero-order valence-electron chi connectivity index (χ0n) is 13.5. The van der Waals surface area contributed by atoms with Gasteiger partial charge in [0.2, 0.25) is 18.6 Å². The van der Waals surface area contributed by atoms with Crippen molar-refractivity contribution in [3.8, 4) is 17.4 Å². The highest BCUT2D eigenvalue weighted by atomic mass is 16.7. The molecule has 0 N–H and O–H groups in total. The minimum Gasteiger partial charge on any atom is -0.472 e. The molecule has 2 aliphatic heterocycles. The Labute approximate surface area is 144 Å². The number of rotatable bonds is 4. The Balaban J connectivity index is 1.34. The zero-order chi connectivity index (χ0) is 17.1. The van der Waals surface area contributed by atoms with Gasteiger partial charge in [-0.1, -0.05) is 6.07 Å². The van der Waals surface area contributed by atoms with E-state index in [4.69, 9.17) is 14.2 Å². The quantitative estimate of drug-likeness (QED) is 0.792. The predicted octanol–water partition coefficient (Wildman–Crippen LogP) is 1.90. The Hall–Kier alpha value is -3.09. The number of likely N-dealkylation sites (tertiary alicyclic amines) is 1. The van der Waals surface area contributed by atoms with E-state index in [2.05, 4.69) is 9.97 Å². The van der Waals surface area contributed by atoms with Gasteiger partial charge in [-0.2, -0.15) is 0 Å². The average Bonchev–Trinajstić information content (AvgIpc) is 3.29. The summed E-state index contributed by atoms with van der Waals surface area (Å²) in [5.74, 6) is 1.93. The smallest absolute Gasteiger partial charge is 0.246 e. The van der Waals surface area contributed by atoms with Crippen LogP contribution in [-0.4, -0.2) is 46.8 Å². The van der Waals surface area contributed by atoms with Crippen molar-refractivity contribution in [2.45, 2.75) is 12.5 Å². The molecular weight excluding hydrogens is 322 g/mol. The van der Waals surface area contributed by atoms with Crippen LogP contribution < -0.4 is 14.2 Å². The van der Waals surface area contributed by atoms with Crippen molar-refractivity contribution >= 4 is 12.0 Å². The maximum Gasteiger partial charge on any atom is 0.246 e. The van der Waals surface area contributed by atoms with Gasteiger partial charge in [0.1, 0.15) is 12.4 Å². The van der Waals surface area contributed by atoms with Crippen molar-refractivity contribution in [1.82, 2.24) is 14.9 Å². The van der Waals surface area contributed by atoms with Crippen LogP contribution in [0.5, 0.6) is 17.4 Å². The maximum absolute atomic E-state index is 12.4. The molecule has 0 aliphatic carbocycles. The second-order valence-corrected chi connectivity index (χ2v) is 5.81. The van der Waals surface area contributed by atoms with Gasteiger partial charge < -0.3 is 19.1 Å². The van der Waals surface area contributed by atoms with E-state index in [1.165, 1.54) is 6.33 Å². The molecule has 0 bridgehead atoms. The fourth-order valence-electron chi connectivity index (χ4n) is 2.83. The molecular formula is C18H17N3O4. The first-order valence-electron chi connectivity index (χ1n) is 8.07. The van der Waals surface area contributed by atoms with Crippen LogP contribution in [0.1, 0.15) is 12.0 Å². The predicted molar refractivity (Wildman–Crippen MR) is 89.2 cm³/mol. The Morgan fingerprint density at radius 1 is 1.28 bits per heavy atom. The Bertz CT molecular complexity index is 794. The summed E-state index contributed by atoms with van der Waals surface area (Å²) >= 11 is 0. The maximum atomic E-state index is 12.4. The number of nitrogens with zero attached hydrogens (tertiary/aromatic N) is 3. The second-order valence-electron chi connectivity index (χ2n) is 5.81. The van der Waals surface area contributed by atoms with Gasteiger partial charge >= 0.3 is 0 Å². The van der Waals surface area contributed by atoms with E-state index in [0.717, 1.165) is 17.7 Å². The van der Waals surface area contributed by atoms with E-state index in [-0.39, 0.29) is 18.8 Å². The highest BCUT2D eigenvalue weighted by Crippen LogP contribution is 2.32. The standard InChI is InChI=1S/C18H17N3O4/c22-18(4-2-13-1-3-15-16(9-13)24-12-23-15)21-8-6-14(10-21)25-17-5-7-19-11-20-17/h1-5,7,9,11,14H,6,8,10,12H2/b4-2+. The summed E-state index contributed by atoms with van der Waals surface area (Å²) in [7, 11) is 0. The van der Waals surface area contributed by atoms with E-state index in [1.807, 2.05) is 18.2 Å². The van der Waals surface area contributed by atoms with Crippen LogP contribution in [0.2, 0.25) is 0 Å². The first kappa shape index (κ1) is 15.4. The highest BCUT2D eigenvalue weighted by Gasteiger charge is 2.26. The number of hydrogen-bond donors (Lipinski definition) is 0. The number of aromatic nitrogens is 2. The lowest BCUT2D eigenvalue weighted by atomic mass is 10.2. The van der Waals surface area contributed by atoms with Crippen molar-refractivity contribution < 1.29 is 19.0 Å². The molecule has 2 aliphatic rings. The van der Waals surface area contributed by atoms with Crippen LogP contribution in [0.15, 0.2) is 42.9 Å². The first-order chi connectivity index (χ1) is 12.3. The van der Waals surface area contributed by atoms with Gasteiger partial charge in [-0.15, -0.1) is 0 Å². The molecule has 0 radical (unpaired) electrons. The van der Waals surface area contributed by atoms with E-state index < -0.39 is 0 Å². The summed E-state index contributed by atoms with van der Waals surface area (Å²) in [4.78, 5) is 22.0. The number of hydrogen-bond acceptors (Lipinski definition) is 6. The SMILES string of the molecule is O=C(/C=C/c1ccc2c(c1)OCO2)N1CCC(Oc2ccncn2)C1. The second kappa shape index (κ2) is 6.80. The van der Waals surface area contributed by atoms with E-state index >= 15 is 0 Å². The number of amides is 1. The highest BCUT2D eigenvalue weighted by molar-refractivity contribution is 5.92. The lowest BCUT2D eigenvalue weighted by Crippen LogP contribution is -2.29. The molecule has 25 heavy (non-hydrogen) atoms. The third kappa shape index (κ3) is 3.55. The molecule has 2 aromatic rings. The molecule has 1 amide bonds. The minimum atomic E-state index is -0.0437. The van der Waals surface area contributed by atoms with Crippen molar-refractivity contribution in [3.63, 3.8) is 0 Å². The van der Waals surface area contributed by atoms with Gasteiger partial charge in [0.05, 0.1) is 6.54 Å². The summed E-state index contributed by atoms with van der Waals surface area (Å²) in [6.07, 6.45) is 7.18. The number of carbonyl (C=O) groups is 1. The number of carbonyl (C=O) groups excluding carboxylic acids is 1. The van der Waals surface area contributed by atoms with Crippen molar-refractivity contribution in [1.29, 1.82) is 0 Å². The third-order valence-corrected chi connectivity index (χ3v) is 4.11. The largest absolute Gasteiger partial charge is 0.472 e. The molecule has 0 saturated carbocycles. The normalized spacial score (nSPS) is 18.7. The van der Waals surface area contributed by atoms with Gasteiger partial charge in [0, 0.05) is 31.3 Å². The van der Waals surface area contributed by atoms with E-state index in [0.29, 0.717) is 24.7 Å². The minimum absolute atomic E-state index is 0.0357. The summed E-state index contributed by atoms with van der Waals surface area (Å²) in [5.41, 5.74) is 0.894. The van der Waals surface area contributed by atoms with E-state index in [9.17, 15) is 4.79 Å². The number of ether oxygens (including phenoxy) is 3. The summed E-state index contributed by atoms with van der Waals surface area (Å²) in [6, 6.07) is 7.30. The van der Waals surface area contributed by atoms with Crippen LogP contribution in [0, 0.1) is 0 Å². The van der Waals surface area contributed by atoms with Gasteiger partial charge in [-0.3, -0.25) is 4.79 Å². The van der Waals surface area contributed by atoms with Crippen LogP contribution in [-0.2, 0) is 4.79 Å². The van der Waals surface area contributed by atoms with Crippen molar-refractivity contribution in [3.05, 3.63) is 48.4 Å². The monoisotopic (exact) mass is 339 g/mol. The summed E-state index contributed by atoms with van der Waals surface area (Å²) in [6.45, 7) is 1.46. The number of fused-ring (bicyclic) bond motifs is 1. The van der Waals surface area contributed by atoms with Crippen LogP contribution >= 0.6 is 0 Å². The van der Waals surface area contributed by atoms with E-state index in [1.54, 1.807) is 29.3 Å². The van der Waals surface area contributed by atoms with Crippen LogP contribution in [0.3, 0.4) is 0 Å². The van der Waals surface area contributed by atoms with Gasteiger partial charge in [0.15, 0.2) is 11.5 Å². The Morgan fingerprint density at radius 3 is 3.08 bits per heavy atom. The topological polar surface area (TPSA) is 73.8 Å². The molecule has 3 heterocycles. The molecule has 1 fully saturated rings. The molecule has 1 aromatic heterocycles. The van der Waals surface area contributed by atoms with Gasteiger partial charge in [-0.25, -0.2) is 9.97 Å². The zero-order valence-corrected chi connectivity index (χ0v) is 13.5. The molecule has 7 heteroatoms. The Morgan fingerprint density at radius 2 is 2.20 bits per heavy atom. The van der Waals surface area contributed by atoms with Crippen molar-refractivity contribution in [2.24, 2.45) is 0 Å². The molecule has 4 rings (SSSR count). The molecule has 1 saturated heterocycles. The fourth-order valence-corrected chi connectivity index (χ4v) is 2.83. The molecule has 1 unspecified atom stereocenters. The van der Waals surface area contributed by atoms with Gasteiger partial charge in [-0.05, 0) is 23.8 Å². The summed E-state index contributed by atoms with van der Waals surface area (Å²) in [5, 5.41) is 0. The fraction of sp³-hybridized carbons (Fsp3) is 0.278. The lowest BCUT2D eigenvalue weighted by Gasteiger charge is -2.15. The van der Waals surface area contributed by atoms with Gasteiger partial charge in [0.25, 0.3) is 0 Å². The molecule has 1 atom stereocenters. The van der Waals surface area contributed by atoms with Crippen molar-refractivity contribution in [2.75, 3.05) is 19.9 Å². The lowest BCUT2D eigenvalue weighted by molar-refractivity contribution is -0.125. The average molecular weight is 339 g/mol. The van der Waals surface area contributed by atoms with Crippen LogP contribution in [0.25, 0.3) is 6.08 Å². The molecule has 0 spiro atoms. The first-order valence-corrected chi connectivity index (χ1v) is 8.07. The molecule has 1 aromatic carbocycles. The Kier molecular flexibility index (Phi) is 4.20. The third-order valence-electron chi connectivity index (χ3n) is 4.11. The number of benzene rings is 1. The molecule has 7 nitrogen and oxygen atoms in total. The molecule has 128 valence electrons. The summed E-state index contributed by atoms with van der Waals surface area (Å²) < 4.78 is 16.4.